The molecule has 0 spiro atoms. The van der Waals surface area contributed by atoms with Crippen molar-refractivity contribution in [1.29, 1.82) is 0 Å². The van der Waals surface area contributed by atoms with Crippen LogP contribution in [0, 0.1) is 11.6 Å². The minimum absolute atomic E-state index is 0.0191. The number of amides is 2. The van der Waals surface area contributed by atoms with E-state index in [1.807, 2.05) is 0 Å². The quantitative estimate of drug-likeness (QED) is 0.604. The van der Waals surface area contributed by atoms with Crippen LogP contribution in [0.1, 0.15) is 12.0 Å². The first kappa shape index (κ1) is 24.1. The molecular formula is C20H20ClF2N3O5S. The van der Waals surface area contributed by atoms with E-state index < -0.39 is 44.6 Å². The third kappa shape index (κ3) is 5.60. The van der Waals surface area contributed by atoms with Crippen LogP contribution in [0.2, 0.25) is 5.02 Å². The fraction of sp³-hybridized carbons (Fsp3) is 0.300. The molecule has 0 saturated carbocycles. The second kappa shape index (κ2) is 10.3. The maximum Gasteiger partial charge on any atom is 0.309 e. The van der Waals surface area contributed by atoms with Crippen LogP contribution >= 0.6 is 11.6 Å². The Morgan fingerprint density at radius 1 is 1.12 bits per heavy atom. The van der Waals surface area contributed by atoms with Crippen molar-refractivity contribution >= 4 is 33.4 Å². The predicted molar refractivity (Wildman–Crippen MR) is 111 cm³/mol. The number of nitrogens with zero attached hydrogens (tertiary/aromatic N) is 1. The molecule has 0 aromatic heterocycles. The van der Waals surface area contributed by atoms with Crippen molar-refractivity contribution in [2.24, 2.45) is 0 Å². The molecule has 1 aliphatic heterocycles. The molecule has 172 valence electrons. The molecule has 2 N–H and O–H groups in total. The molecule has 12 heteroatoms. The summed E-state index contributed by atoms with van der Waals surface area (Å²) in [5.74, 6) is -3.99. The number of carbonyl (C=O) groups excluding carboxylic acids is 2. The number of benzene rings is 2. The summed E-state index contributed by atoms with van der Waals surface area (Å²) in [6, 6.07) is 8.87. The number of rotatable bonds is 6. The monoisotopic (exact) mass is 487 g/mol. The van der Waals surface area contributed by atoms with E-state index in [4.69, 9.17) is 16.3 Å². The zero-order valence-electron chi connectivity index (χ0n) is 16.7. The first-order valence-electron chi connectivity index (χ1n) is 9.58. The fourth-order valence-electron chi connectivity index (χ4n) is 3.06. The number of nitrogens with one attached hydrogen (secondary N) is 2. The van der Waals surface area contributed by atoms with E-state index in [2.05, 4.69) is 10.6 Å². The molecule has 8 nitrogen and oxygen atoms in total. The van der Waals surface area contributed by atoms with Gasteiger partial charge in [0.2, 0.25) is 10.0 Å². The molecule has 2 aromatic rings. The topological polar surface area (TPSA) is 105 Å². The number of hydrogen-bond donors (Lipinski definition) is 2. The molecule has 1 aliphatic rings. The minimum atomic E-state index is -4.46. The lowest BCUT2D eigenvalue weighted by molar-refractivity contribution is -0.140. The maximum atomic E-state index is 14.1. The van der Waals surface area contributed by atoms with Gasteiger partial charge in [0.1, 0.15) is 22.8 Å². The van der Waals surface area contributed by atoms with E-state index in [1.54, 1.807) is 24.3 Å². The first-order valence-corrected chi connectivity index (χ1v) is 11.4. The largest absolute Gasteiger partial charge is 0.360 e. The third-order valence-corrected chi connectivity index (χ3v) is 6.95. The summed E-state index contributed by atoms with van der Waals surface area (Å²) in [4.78, 5) is 23.3. The Hall–Kier alpha value is -2.60. The zero-order chi connectivity index (χ0) is 23.3. The lowest BCUT2D eigenvalue weighted by Gasteiger charge is -2.34. The second-order valence-corrected chi connectivity index (χ2v) is 9.12. The molecule has 2 amide bonds. The average Bonchev–Trinajstić information content (AvgIpc) is 2.78. The molecule has 1 saturated heterocycles. The summed E-state index contributed by atoms with van der Waals surface area (Å²) in [5, 5.41) is 5.13. The highest BCUT2D eigenvalue weighted by Gasteiger charge is 2.36. The standard InChI is InChI=1S/C20H20ClF2N3O5S/c21-15-5-2-1-4-13(15)11-24-19(27)20(28)25-12-18-26(8-3-9-31-18)32(29,30)17-10-14(22)6-7-16(17)23/h1-2,4-7,10,18H,3,8-9,11-12H2,(H,24,27)(H,25,28)/t18-/m0/s1. The molecule has 0 unspecified atom stereocenters. The van der Waals surface area contributed by atoms with Crippen molar-refractivity contribution in [1.82, 2.24) is 14.9 Å². The Bertz CT molecular complexity index is 1120. The van der Waals surface area contributed by atoms with Gasteiger partial charge in [0.25, 0.3) is 0 Å². The van der Waals surface area contributed by atoms with Crippen LogP contribution < -0.4 is 10.6 Å². The molecule has 1 heterocycles. The molecule has 2 aromatic carbocycles. The summed E-state index contributed by atoms with van der Waals surface area (Å²) < 4.78 is 59.6. The Labute approximate surface area is 188 Å². The molecule has 32 heavy (non-hydrogen) atoms. The molecular weight excluding hydrogens is 468 g/mol. The molecule has 0 radical (unpaired) electrons. The average molecular weight is 488 g/mol. The van der Waals surface area contributed by atoms with Gasteiger partial charge in [-0.05, 0) is 36.2 Å². The van der Waals surface area contributed by atoms with Crippen LogP contribution in [0.4, 0.5) is 8.78 Å². The molecule has 3 rings (SSSR count). The second-order valence-electron chi connectivity index (χ2n) is 6.85. The van der Waals surface area contributed by atoms with Crippen LogP contribution in [-0.4, -0.2) is 50.5 Å². The van der Waals surface area contributed by atoms with E-state index in [0.717, 1.165) is 10.4 Å². The van der Waals surface area contributed by atoms with Crippen LogP contribution in [0.3, 0.4) is 0 Å². The fourth-order valence-corrected chi connectivity index (χ4v) is 4.91. The van der Waals surface area contributed by atoms with Crippen LogP contribution in [0.15, 0.2) is 47.4 Å². The highest BCUT2D eigenvalue weighted by molar-refractivity contribution is 7.89. The normalized spacial score (nSPS) is 17.0. The van der Waals surface area contributed by atoms with Crippen molar-refractivity contribution in [2.45, 2.75) is 24.1 Å². The summed E-state index contributed by atoms with van der Waals surface area (Å²) >= 11 is 6.00. The van der Waals surface area contributed by atoms with Crippen LogP contribution in [0.25, 0.3) is 0 Å². The van der Waals surface area contributed by atoms with Crippen LogP contribution in [-0.2, 0) is 30.9 Å². The highest BCUT2D eigenvalue weighted by Crippen LogP contribution is 2.25. The zero-order valence-corrected chi connectivity index (χ0v) is 18.3. The van der Waals surface area contributed by atoms with Gasteiger partial charge >= 0.3 is 11.8 Å². The van der Waals surface area contributed by atoms with Gasteiger partial charge in [0, 0.05) is 18.1 Å². The van der Waals surface area contributed by atoms with E-state index >= 15 is 0 Å². The van der Waals surface area contributed by atoms with Gasteiger partial charge in [-0.25, -0.2) is 17.2 Å². The van der Waals surface area contributed by atoms with E-state index in [-0.39, 0.29) is 26.2 Å². The lowest BCUT2D eigenvalue weighted by atomic mass is 10.2. The van der Waals surface area contributed by atoms with E-state index in [1.165, 1.54) is 0 Å². The van der Waals surface area contributed by atoms with Gasteiger partial charge < -0.3 is 15.4 Å². The van der Waals surface area contributed by atoms with Crippen molar-refractivity contribution < 1.29 is 31.5 Å². The number of ether oxygens (including phenoxy) is 1. The minimum Gasteiger partial charge on any atom is -0.360 e. The summed E-state index contributed by atoms with van der Waals surface area (Å²) in [6.45, 7) is -0.186. The number of carbonyl (C=O) groups is 2. The van der Waals surface area contributed by atoms with Gasteiger partial charge in [0.15, 0.2) is 0 Å². The molecule has 0 bridgehead atoms. The third-order valence-electron chi connectivity index (χ3n) is 4.67. The summed E-state index contributed by atoms with van der Waals surface area (Å²) in [7, 11) is -4.46. The molecule has 1 atom stereocenters. The van der Waals surface area contributed by atoms with Crippen molar-refractivity contribution in [3.05, 3.63) is 64.7 Å². The number of halogens is 3. The van der Waals surface area contributed by atoms with Gasteiger partial charge in [0.05, 0.1) is 13.2 Å². The van der Waals surface area contributed by atoms with E-state index in [0.29, 0.717) is 29.1 Å². The van der Waals surface area contributed by atoms with Gasteiger partial charge in [-0.15, -0.1) is 0 Å². The predicted octanol–water partition coefficient (Wildman–Crippen LogP) is 1.79. The van der Waals surface area contributed by atoms with Gasteiger partial charge in [-0.2, -0.15) is 4.31 Å². The Morgan fingerprint density at radius 2 is 1.84 bits per heavy atom. The Kier molecular flexibility index (Phi) is 7.77. The Morgan fingerprint density at radius 3 is 2.59 bits per heavy atom. The maximum absolute atomic E-state index is 14.1. The van der Waals surface area contributed by atoms with Crippen molar-refractivity contribution in [3.8, 4) is 0 Å². The van der Waals surface area contributed by atoms with Crippen molar-refractivity contribution in [3.63, 3.8) is 0 Å². The first-order chi connectivity index (χ1) is 15.2. The van der Waals surface area contributed by atoms with Crippen molar-refractivity contribution in [2.75, 3.05) is 19.7 Å². The summed E-state index contributed by atoms with van der Waals surface area (Å²) in [5.41, 5.74) is 0.611. The molecule has 0 aliphatic carbocycles. The SMILES string of the molecule is O=C(NCc1ccccc1Cl)C(=O)NC[C@@H]1OCCCN1S(=O)(=O)c1cc(F)ccc1F. The lowest BCUT2D eigenvalue weighted by Crippen LogP contribution is -2.53. The van der Waals surface area contributed by atoms with E-state index in [9.17, 15) is 26.8 Å². The highest BCUT2D eigenvalue weighted by atomic mass is 35.5. The van der Waals surface area contributed by atoms with Gasteiger partial charge in [-0.3, -0.25) is 9.59 Å². The van der Waals surface area contributed by atoms with Gasteiger partial charge in [-0.1, -0.05) is 29.8 Å². The molecule has 1 fully saturated rings. The Balaban J connectivity index is 1.64. The summed E-state index contributed by atoms with van der Waals surface area (Å²) in [6.07, 6.45) is -0.879. The smallest absolute Gasteiger partial charge is 0.309 e. The number of sulfonamides is 1. The van der Waals surface area contributed by atoms with Crippen LogP contribution in [0.5, 0.6) is 0 Å². The number of hydrogen-bond acceptors (Lipinski definition) is 5.